The summed E-state index contributed by atoms with van der Waals surface area (Å²) in [7, 11) is -2.46. The van der Waals surface area contributed by atoms with Crippen molar-refractivity contribution in [3.63, 3.8) is 0 Å². The van der Waals surface area contributed by atoms with Gasteiger partial charge in [-0.3, -0.25) is 9.10 Å². The molecule has 0 aliphatic heterocycles. The molecule has 36 heavy (non-hydrogen) atoms. The Kier molecular flexibility index (Phi) is 7.99. The maximum Gasteiger partial charge on any atom is 0.264 e. The minimum absolute atomic E-state index is 0.0957. The van der Waals surface area contributed by atoms with E-state index in [1.807, 2.05) is 26.0 Å². The molecule has 1 N–H and O–H groups in total. The molecule has 4 rings (SSSR count). The number of rotatable bonds is 9. The van der Waals surface area contributed by atoms with Crippen molar-refractivity contribution in [2.24, 2.45) is 0 Å². The van der Waals surface area contributed by atoms with Gasteiger partial charge in [-0.25, -0.2) is 8.42 Å². The van der Waals surface area contributed by atoms with Gasteiger partial charge in [0.15, 0.2) is 0 Å². The van der Waals surface area contributed by atoms with Crippen molar-refractivity contribution in [2.45, 2.75) is 56.9 Å². The van der Waals surface area contributed by atoms with Crippen LogP contribution in [0.5, 0.6) is 5.75 Å². The Morgan fingerprint density at radius 1 is 0.972 bits per heavy atom. The number of ether oxygens (including phenoxy) is 1. The summed E-state index contributed by atoms with van der Waals surface area (Å²) in [5.41, 5.74) is 5.25. The summed E-state index contributed by atoms with van der Waals surface area (Å²) in [4.78, 5) is 13.4. The molecule has 0 aromatic heterocycles. The van der Waals surface area contributed by atoms with Gasteiger partial charge in [-0.2, -0.15) is 0 Å². The lowest BCUT2D eigenvalue weighted by atomic mass is 9.89. The first kappa shape index (κ1) is 25.8. The molecular weight excluding hydrogens is 472 g/mol. The molecule has 0 unspecified atom stereocenters. The van der Waals surface area contributed by atoms with Crippen molar-refractivity contribution < 1.29 is 17.9 Å². The number of carbonyl (C=O) groups is 1. The first-order valence-corrected chi connectivity index (χ1v) is 13.9. The molecule has 1 amide bonds. The molecule has 0 saturated heterocycles. The second-order valence-corrected chi connectivity index (χ2v) is 11.1. The average molecular weight is 507 g/mol. The van der Waals surface area contributed by atoms with E-state index < -0.39 is 10.0 Å². The van der Waals surface area contributed by atoms with Gasteiger partial charge in [-0.15, -0.1) is 0 Å². The summed E-state index contributed by atoms with van der Waals surface area (Å²) in [6.45, 7) is 3.64. The van der Waals surface area contributed by atoms with Gasteiger partial charge in [-0.1, -0.05) is 42.8 Å². The van der Waals surface area contributed by atoms with Crippen LogP contribution in [0.15, 0.2) is 71.6 Å². The Balaban J connectivity index is 1.59. The highest BCUT2D eigenvalue weighted by molar-refractivity contribution is 7.92. The number of aryl methyl sites for hydroxylation is 3. The summed E-state index contributed by atoms with van der Waals surface area (Å²) in [6, 6.07) is 19.6. The number of fused-ring (bicyclic) bond motifs is 1. The average Bonchev–Trinajstić information content (AvgIpc) is 2.90. The van der Waals surface area contributed by atoms with Crippen LogP contribution in [0.2, 0.25) is 0 Å². The molecule has 1 aliphatic rings. The summed E-state index contributed by atoms with van der Waals surface area (Å²) >= 11 is 0. The minimum atomic E-state index is -3.99. The van der Waals surface area contributed by atoms with E-state index in [4.69, 9.17) is 4.74 Å². The van der Waals surface area contributed by atoms with Crippen LogP contribution in [-0.4, -0.2) is 28.0 Å². The van der Waals surface area contributed by atoms with E-state index in [2.05, 4.69) is 23.5 Å². The SMILES string of the molecule is CC[C@H](NC(=O)CN(c1ccc(C)cc1)S(=O)(=O)c1ccc(OC)cc1)c1ccc2c(c1)CCCC2. The number of nitrogens with one attached hydrogen (secondary N) is 1. The van der Waals surface area contributed by atoms with Crippen LogP contribution < -0.4 is 14.4 Å². The van der Waals surface area contributed by atoms with E-state index in [0.717, 1.165) is 24.0 Å². The van der Waals surface area contributed by atoms with Crippen LogP contribution in [0.3, 0.4) is 0 Å². The number of benzene rings is 3. The van der Waals surface area contributed by atoms with Crippen molar-refractivity contribution >= 4 is 21.6 Å². The molecule has 1 aliphatic carbocycles. The Bertz CT molecular complexity index is 1300. The van der Waals surface area contributed by atoms with E-state index >= 15 is 0 Å². The zero-order valence-corrected chi connectivity index (χ0v) is 22.0. The summed E-state index contributed by atoms with van der Waals surface area (Å²) < 4.78 is 33.6. The molecule has 190 valence electrons. The second-order valence-electron chi connectivity index (χ2n) is 9.29. The Morgan fingerprint density at radius 2 is 1.64 bits per heavy atom. The zero-order valence-electron chi connectivity index (χ0n) is 21.2. The van der Waals surface area contributed by atoms with Gasteiger partial charge in [0.05, 0.1) is 23.7 Å². The summed E-state index contributed by atoms with van der Waals surface area (Å²) in [5.74, 6) is 0.210. The molecule has 3 aromatic carbocycles. The van der Waals surface area contributed by atoms with Crippen LogP contribution in [0.4, 0.5) is 5.69 Å². The molecule has 6 nitrogen and oxygen atoms in total. The van der Waals surface area contributed by atoms with Gasteiger partial charge in [-0.05, 0) is 92.1 Å². The molecule has 0 radical (unpaired) electrons. The number of hydrogen-bond acceptors (Lipinski definition) is 4. The van der Waals surface area contributed by atoms with Crippen molar-refractivity contribution in [2.75, 3.05) is 18.0 Å². The molecular formula is C29H34N2O4S. The monoisotopic (exact) mass is 506 g/mol. The molecule has 3 aromatic rings. The summed E-state index contributed by atoms with van der Waals surface area (Å²) in [6.07, 6.45) is 5.29. The molecule has 0 spiro atoms. The zero-order chi connectivity index (χ0) is 25.7. The third-order valence-corrected chi connectivity index (χ3v) is 8.56. The molecule has 0 fully saturated rings. The lowest BCUT2D eigenvalue weighted by Crippen LogP contribution is -2.42. The molecule has 1 atom stereocenters. The predicted octanol–water partition coefficient (Wildman–Crippen LogP) is 5.35. The predicted molar refractivity (Wildman–Crippen MR) is 143 cm³/mol. The number of anilines is 1. The van der Waals surface area contributed by atoms with Gasteiger partial charge in [0.2, 0.25) is 5.91 Å². The maximum atomic E-state index is 13.6. The van der Waals surface area contributed by atoms with E-state index in [-0.39, 0.29) is 23.4 Å². The topological polar surface area (TPSA) is 75.7 Å². The Hall–Kier alpha value is -3.32. The number of hydrogen-bond donors (Lipinski definition) is 1. The molecule has 7 heteroatoms. The highest BCUT2D eigenvalue weighted by Crippen LogP contribution is 2.28. The van der Waals surface area contributed by atoms with Crippen LogP contribution in [0, 0.1) is 6.92 Å². The third-order valence-electron chi connectivity index (χ3n) is 6.77. The van der Waals surface area contributed by atoms with Gasteiger partial charge >= 0.3 is 0 Å². The lowest BCUT2D eigenvalue weighted by molar-refractivity contribution is -0.120. The highest BCUT2D eigenvalue weighted by Gasteiger charge is 2.28. The van der Waals surface area contributed by atoms with Gasteiger partial charge in [0, 0.05) is 0 Å². The third kappa shape index (κ3) is 5.73. The smallest absolute Gasteiger partial charge is 0.264 e. The second kappa shape index (κ2) is 11.2. The normalized spacial score (nSPS) is 14.0. The van der Waals surface area contributed by atoms with E-state index in [1.54, 1.807) is 24.3 Å². The lowest BCUT2D eigenvalue weighted by Gasteiger charge is -2.26. The Labute approximate surface area is 214 Å². The first-order chi connectivity index (χ1) is 17.3. The summed E-state index contributed by atoms with van der Waals surface area (Å²) in [5, 5.41) is 3.08. The van der Waals surface area contributed by atoms with Crippen molar-refractivity contribution in [1.82, 2.24) is 5.32 Å². The highest BCUT2D eigenvalue weighted by atomic mass is 32.2. The fourth-order valence-electron chi connectivity index (χ4n) is 4.66. The molecule has 0 saturated carbocycles. The van der Waals surface area contributed by atoms with Crippen molar-refractivity contribution in [1.29, 1.82) is 0 Å². The molecule has 0 heterocycles. The van der Waals surface area contributed by atoms with Gasteiger partial charge in [0.25, 0.3) is 10.0 Å². The van der Waals surface area contributed by atoms with E-state index in [1.165, 1.54) is 47.5 Å². The van der Waals surface area contributed by atoms with Crippen LogP contribution in [-0.2, 0) is 27.7 Å². The number of nitrogens with zero attached hydrogens (tertiary/aromatic N) is 1. The first-order valence-electron chi connectivity index (χ1n) is 12.5. The number of sulfonamides is 1. The Morgan fingerprint density at radius 3 is 2.28 bits per heavy atom. The van der Waals surface area contributed by atoms with Crippen molar-refractivity contribution in [3.8, 4) is 5.75 Å². The van der Waals surface area contributed by atoms with Crippen molar-refractivity contribution in [3.05, 3.63) is 89.0 Å². The van der Waals surface area contributed by atoms with Gasteiger partial charge in [0.1, 0.15) is 12.3 Å². The fraction of sp³-hybridized carbons (Fsp3) is 0.345. The standard InChI is InChI=1S/C29H34N2O4S/c1-4-28(24-12-11-22-7-5-6-8-23(22)19-24)30-29(32)20-31(25-13-9-21(2)10-14-25)36(33,34)27-17-15-26(35-3)16-18-27/h9-19,28H,4-8,20H2,1-3H3,(H,30,32)/t28-/m0/s1. The van der Waals surface area contributed by atoms with Crippen LogP contribution in [0.25, 0.3) is 0 Å². The minimum Gasteiger partial charge on any atom is -0.497 e. The fourth-order valence-corrected chi connectivity index (χ4v) is 6.08. The van der Waals surface area contributed by atoms with E-state index in [0.29, 0.717) is 17.9 Å². The van der Waals surface area contributed by atoms with Gasteiger partial charge < -0.3 is 10.1 Å². The van der Waals surface area contributed by atoms with Crippen LogP contribution >= 0.6 is 0 Å². The number of carbonyl (C=O) groups excluding carboxylic acids is 1. The molecule has 0 bridgehead atoms. The quantitative estimate of drug-likeness (QED) is 0.425. The van der Waals surface area contributed by atoms with E-state index in [9.17, 15) is 13.2 Å². The van der Waals surface area contributed by atoms with Crippen LogP contribution in [0.1, 0.15) is 54.5 Å². The largest absolute Gasteiger partial charge is 0.497 e. The number of methoxy groups -OCH3 is 1. The number of amides is 1. The maximum absolute atomic E-state index is 13.6.